The Morgan fingerprint density at radius 2 is 1.83 bits per heavy atom. The van der Waals surface area contributed by atoms with Gasteiger partial charge in [0.2, 0.25) is 0 Å². The maximum Gasteiger partial charge on any atom is 0.0616 e. The smallest absolute Gasteiger partial charge is 0.0616 e. The normalized spacial score (nSPS) is 14.7. The number of methoxy groups -OCH3 is 1. The van der Waals surface area contributed by atoms with E-state index in [0.717, 1.165) is 13.0 Å². The molecule has 1 aromatic rings. The fraction of sp³-hybridized carbons (Fsp3) is 0.625. The standard InChI is InChI=1S/C16H27NO/c1-5-9-15(12-18-4)17-16(13(2)3)14-10-7-6-8-11-14/h6-8,10-11,13,15-17H,5,9,12H2,1-4H3. The maximum atomic E-state index is 5.31. The summed E-state index contributed by atoms with van der Waals surface area (Å²) in [5.41, 5.74) is 1.37. The van der Waals surface area contributed by atoms with Crippen molar-refractivity contribution in [2.45, 2.75) is 45.7 Å². The second-order valence-corrected chi connectivity index (χ2v) is 5.24. The van der Waals surface area contributed by atoms with E-state index in [9.17, 15) is 0 Å². The number of benzene rings is 1. The van der Waals surface area contributed by atoms with Gasteiger partial charge in [0.1, 0.15) is 0 Å². The molecule has 2 atom stereocenters. The van der Waals surface area contributed by atoms with Gasteiger partial charge in [-0.25, -0.2) is 0 Å². The van der Waals surface area contributed by atoms with Crippen LogP contribution in [-0.4, -0.2) is 19.8 Å². The zero-order chi connectivity index (χ0) is 13.4. The van der Waals surface area contributed by atoms with Crippen molar-refractivity contribution in [1.82, 2.24) is 5.32 Å². The highest BCUT2D eigenvalue weighted by Crippen LogP contribution is 2.22. The van der Waals surface area contributed by atoms with Crippen LogP contribution >= 0.6 is 0 Å². The van der Waals surface area contributed by atoms with Crippen LogP contribution in [0.15, 0.2) is 30.3 Å². The van der Waals surface area contributed by atoms with E-state index in [2.05, 4.69) is 56.4 Å². The van der Waals surface area contributed by atoms with Gasteiger partial charge in [0.05, 0.1) is 6.61 Å². The molecule has 2 unspecified atom stereocenters. The van der Waals surface area contributed by atoms with Crippen LogP contribution in [0.25, 0.3) is 0 Å². The Morgan fingerprint density at radius 1 is 1.17 bits per heavy atom. The van der Waals surface area contributed by atoms with Crippen molar-refractivity contribution < 1.29 is 4.74 Å². The second kappa shape index (κ2) is 8.28. The van der Waals surface area contributed by atoms with Gasteiger partial charge in [-0.05, 0) is 17.9 Å². The number of hydrogen-bond acceptors (Lipinski definition) is 2. The fourth-order valence-electron chi connectivity index (χ4n) is 2.35. The van der Waals surface area contributed by atoms with Crippen molar-refractivity contribution >= 4 is 0 Å². The van der Waals surface area contributed by atoms with E-state index in [1.165, 1.54) is 12.0 Å². The van der Waals surface area contributed by atoms with Gasteiger partial charge < -0.3 is 10.1 Å². The number of hydrogen-bond donors (Lipinski definition) is 1. The Kier molecular flexibility index (Phi) is 6.99. The van der Waals surface area contributed by atoms with Crippen LogP contribution in [0.2, 0.25) is 0 Å². The quantitative estimate of drug-likeness (QED) is 0.757. The lowest BCUT2D eigenvalue weighted by Crippen LogP contribution is -2.38. The summed E-state index contributed by atoms with van der Waals surface area (Å²) in [5, 5.41) is 3.75. The first-order chi connectivity index (χ1) is 8.69. The van der Waals surface area contributed by atoms with Gasteiger partial charge in [0.25, 0.3) is 0 Å². The van der Waals surface area contributed by atoms with Crippen LogP contribution in [0.3, 0.4) is 0 Å². The van der Waals surface area contributed by atoms with Crippen LogP contribution in [-0.2, 0) is 4.74 Å². The fourth-order valence-corrected chi connectivity index (χ4v) is 2.35. The molecule has 1 N–H and O–H groups in total. The van der Waals surface area contributed by atoms with Gasteiger partial charge in [-0.15, -0.1) is 0 Å². The Morgan fingerprint density at radius 3 is 2.33 bits per heavy atom. The summed E-state index contributed by atoms with van der Waals surface area (Å²) in [6, 6.07) is 11.5. The topological polar surface area (TPSA) is 21.3 Å². The van der Waals surface area contributed by atoms with E-state index in [1.807, 2.05) is 0 Å². The molecule has 0 aliphatic heterocycles. The molecule has 0 saturated carbocycles. The third kappa shape index (κ3) is 4.79. The maximum absolute atomic E-state index is 5.31. The molecule has 0 bridgehead atoms. The largest absolute Gasteiger partial charge is 0.383 e. The molecule has 0 aromatic heterocycles. The van der Waals surface area contributed by atoms with Crippen LogP contribution in [0.4, 0.5) is 0 Å². The van der Waals surface area contributed by atoms with Gasteiger partial charge in [0.15, 0.2) is 0 Å². The summed E-state index contributed by atoms with van der Waals surface area (Å²) in [4.78, 5) is 0. The summed E-state index contributed by atoms with van der Waals surface area (Å²) in [6.07, 6.45) is 2.34. The minimum absolute atomic E-state index is 0.401. The second-order valence-electron chi connectivity index (χ2n) is 5.24. The number of nitrogens with one attached hydrogen (secondary N) is 1. The van der Waals surface area contributed by atoms with E-state index in [0.29, 0.717) is 18.0 Å². The first kappa shape index (κ1) is 15.2. The molecule has 1 rings (SSSR count). The van der Waals surface area contributed by atoms with Crippen LogP contribution in [0.5, 0.6) is 0 Å². The average molecular weight is 249 g/mol. The molecule has 0 spiro atoms. The first-order valence-corrected chi connectivity index (χ1v) is 6.99. The molecular weight excluding hydrogens is 222 g/mol. The highest BCUT2D eigenvalue weighted by Gasteiger charge is 2.19. The molecule has 0 aliphatic carbocycles. The lowest BCUT2D eigenvalue weighted by atomic mass is 9.94. The van der Waals surface area contributed by atoms with Crippen molar-refractivity contribution in [1.29, 1.82) is 0 Å². The Hall–Kier alpha value is -0.860. The number of rotatable bonds is 8. The highest BCUT2D eigenvalue weighted by atomic mass is 16.5. The van der Waals surface area contributed by atoms with E-state index >= 15 is 0 Å². The minimum Gasteiger partial charge on any atom is -0.383 e. The molecule has 102 valence electrons. The predicted molar refractivity (Wildman–Crippen MR) is 77.7 cm³/mol. The summed E-state index contributed by atoms with van der Waals surface area (Å²) in [5.74, 6) is 0.573. The third-order valence-corrected chi connectivity index (χ3v) is 3.25. The van der Waals surface area contributed by atoms with Crippen molar-refractivity contribution in [2.24, 2.45) is 5.92 Å². The first-order valence-electron chi connectivity index (χ1n) is 6.99. The summed E-state index contributed by atoms with van der Waals surface area (Å²) < 4.78 is 5.31. The summed E-state index contributed by atoms with van der Waals surface area (Å²) >= 11 is 0. The SMILES string of the molecule is CCCC(COC)NC(c1ccccc1)C(C)C. The highest BCUT2D eigenvalue weighted by molar-refractivity contribution is 5.19. The van der Waals surface area contributed by atoms with Crippen LogP contribution in [0, 0.1) is 5.92 Å². The molecule has 2 heteroatoms. The number of ether oxygens (including phenoxy) is 1. The predicted octanol–water partition coefficient (Wildman–Crippen LogP) is 3.79. The summed E-state index contributed by atoms with van der Waals surface area (Å²) in [7, 11) is 1.78. The molecule has 0 amide bonds. The molecule has 0 heterocycles. The average Bonchev–Trinajstić information content (AvgIpc) is 2.37. The van der Waals surface area contributed by atoms with Crippen molar-refractivity contribution in [3.8, 4) is 0 Å². The van der Waals surface area contributed by atoms with Gasteiger partial charge in [-0.1, -0.05) is 57.5 Å². The van der Waals surface area contributed by atoms with E-state index in [4.69, 9.17) is 4.74 Å². The van der Waals surface area contributed by atoms with E-state index < -0.39 is 0 Å². The Balaban J connectivity index is 2.73. The van der Waals surface area contributed by atoms with Crippen LogP contribution in [0.1, 0.15) is 45.2 Å². The van der Waals surface area contributed by atoms with Gasteiger partial charge in [-0.2, -0.15) is 0 Å². The van der Waals surface area contributed by atoms with E-state index in [-0.39, 0.29) is 0 Å². The van der Waals surface area contributed by atoms with E-state index in [1.54, 1.807) is 7.11 Å². The molecular formula is C16H27NO. The minimum atomic E-state index is 0.401. The zero-order valence-electron chi connectivity index (χ0n) is 12.1. The molecule has 0 aliphatic rings. The lowest BCUT2D eigenvalue weighted by Gasteiger charge is -2.28. The molecule has 1 aromatic carbocycles. The van der Waals surface area contributed by atoms with Crippen molar-refractivity contribution in [2.75, 3.05) is 13.7 Å². The zero-order valence-corrected chi connectivity index (χ0v) is 12.1. The van der Waals surface area contributed by atoms with Crippen molar-refractivity contribution in [3.63, 3.8) is 0 Å². The van der Waals surface area contributed by atoms with Gasteiger partial charge >= 0.3 is 0 Å². The molecule has 0 fully saturated rings. The Labute approximate surface area is 112 Å². The lowest BCUT2D eigenvalue weighted by molar-refractivity contribution is 0.151. The molecule has 0 radical (unpaired) electrons. The summed E-state index contributed by atoms with van der Waals surface area (Å²) in [6.45, 7) is 7.53. The van der Waals surface area contributed by atoms with Gasteiger partial charge in [-0.3, -0.25) is 0 Å². The van der Waals surface area contributed by atoms with Gasteiger partial charge in [0, 0.05) is 19.2 Å². The van der Waals surface area contributed by atoms with Crippen molar-refractivity contribution in [3.05, 3.63) is 35.9 Å². The molecule has 2 nitrogen and oxygen atoms in total. The molecule has 0 saturated heterocycles. The Bertz CT molecular complexity index is 304. The molecule has 18 heavy (non-hydrogen) atoms. The third-order valence-electron chi connectivity index (χ3n) is 3.25. The van der Waals surface area contributed by atoms with Crippen LogP contribution < -0.4 is 5.32 Å². The monoisotopic (exact) mass is 249 g/mol.